The number of alkyl halides is 3. The smallest absolute Gasteiger partial charge is 0.406 e. The molecule has 7 heteroatoms. The number of hydrogen-bond acceptors (Lipinski definition) is 3. The quantitative estimate of drug-likeness (QED) is 0.829. The molecule has 2 aromatic rings. The SMILES string of the molecule is Cc1ccccc1N1CCN(C(=O)c2ccc(OC(F)(F)F)cc2)CC1. The zero-order chi connectivity index (χ0) is 18.7. The van der Waals surface area contributed by atoms with Crippen LogP contribution in [0.25, 0.3) is 0 Å². The third-order valence-electron chi connectivity index (χ3n) is 4.36. The van der Waals surface area contributed by atoms with E-state index in [9.17, 15) is 18.0 Å². The highest BCUT2D eigenvalue weighted by atomic mass is 19.4. The van der Waals surface area contributed by atoms with E-state index in [-0.39, 0.29) is 11.7 Å². The third-order valence-corrected chi connectivity index (χ3v) is 4.36. The number of hydrogen-bond donors (Lipinski definition) is 0. The summed E-state index contributed by atoms with van der Waals surface area (Å²) in [6.45, 7) is 4.61. The van der Waals surface area contributed by atoms with Crippen molar-refractivity contribution in [1.29, 1.82) is 0 Å². The monoisotopic (exact) mass is 364 g/mol. The van der Waals surface area contributed by atoms with Gasteiger partial charge in [-0.15, -0.1) is 13.2 Å². The second kappa shape index (κ2) is 7.27. The highest BCUT2D eigenvalue weighted by molar-refractivity contribution is 5.94. The minimum absolute atomic E-state index is 0.187. The van der Waals surface area contributed by atoms with Gasteiger partial charge in [0, 0.05) is 37.4 Å². The minimum Gasteiger partial charge on any atom is -0.406 e. The summed E-state index contributed by atoms with van der Waals surface area (Å²) in [7, 11) is 0. The molecule has 0 atom stereocenters. The first kappa shape index (κ1) is 18.1. The van der Waals surface area contributed by atoms with E-state index in [0.717, 1.165) is 17.8 Å². The first-order valence-corrected chi connectivity index (χ1v) is 8.29. The van der Waals surface area contributed by atoms with Gasteiger partial charge in [-0.05, 0) is 42.8 Å². The van der Waals surface area contributed by atoms with Gasteiger partial charge in [-0.3, -0.25) is 4.79 Å². The minimum atomic E-state index is -4.74. The van der Waals surface area contributed by atoms with Gasteiger partial charge in [0.2, 0.25) is 0 Å². The molecule has 1 saturated heterocycles. The van der Waals surface area contributed by atoms with E-state index in [1.807, 2.05) is 12.1 Å². The van der Waals surface area contributed by atoms with E-state index >= 15 is 0 Å². The summed E-state index contributed by atoms with van der Waals surface area (Å²) in [5, 5.41) is 0. The molecule has 26 heavy (non-hydrogen) atoms. The number of piperazine rings is 1. The van der Waals surface area contributed by atoms with Crippen molar-refractivity contribution in [3.05, 3.63) is 59.7 Å². The summed E-state index contributed by atoms with van der Waals surface area (Å²) in [5.41, 5.74) is 2.70. The molecule has 0 saturated carbocycles. The summed E-state index contributed by atoms with van der Waals surface area (Å²) in [6.07, 6.45) is -4.74. The van der Waals surface area contributed by atoms with Crippen LogP contribution < -0.4 is 9.64 Å². The van der Waals surface area contributed by atoms with Gasteiger partial charge in [0.15, 0.2) is 0 Å². The fraction of sp³-hybridized carbons (Fsp3) is 0.316. The number of carbonyl (C=O) groups is 1. The number of nitrogens with zero attached hydrogens (tertiary/aromatic N) is 2. The van der Waals surface area contributed by atoms with E-state index in [0.29, 0.717) is 31.7 Å². The molecule has 0 aliphatic carbocycles. The summed E-state index contributed by atoms with van der Waals surface area (Å²) in [6, 6.07) is 13.1. The zero-order valence-corrected chi connectivity index (χ0v) is 14.3. The lowest BCUT2D eigenvalue weighted by molar-refractivity contribution is -0.274. The van der Waals surface area contributed by atoms with Crippen LogP contribution in [-0.4, -0.2) is 43.3 Å². The molecule has 0 aromatic heterocycles. The van der Waals surface area contributed by atoms with Gasteiger partial charge in [0.25, 0.3) is 5.91 Å². The fourth-order valence-electron chi connectivity index (χ4n) is 3.05. The number of halogens is 3. The normalized spacial score (nSPS) is 15.1. The van der Waals surface area contributed by atoms with E-state index in [1.54, 1.807) is 4.90 Å². The lowest BCUT2D eigenvalue weighted by Crippen LogP contribution is -2.49. The number of aryl methyl sites for hydroxylation is 1. The zero-order valence-electron chi connectivity index (χ0n) is 14.3. The number of anilines is 1. The Morgan fingerprint density at radius 1 is 0.962 bits per heavy atom. The van der Waals surface area contributed by atoms with Crippen LogP contribution in [0.15, 0.2) is 48.5 Å². The van der Waals surface area contributed by atoms with Crippen molar-refractivity contribution < 1.29 is 22.7 Å². The van der Waals surface area contributed by atoms with Gasteiger partial charge in [0.1, 0.15) is 5.75 Å². The maximum absolute atomic E-state index is 12.6. The van der Waals surface area contributed by atoms with Crippen molar-refractivity contribution in [3.8, 4) is 5.75 Å². The largest absolute Gasteiger partial charge is 0.573 e. The maximum atomic E-state index is 12.6. The predicted molar refractivity (Wildman–Crippen MR) is 92.4 cm³/mol. The average molecular weight is 364 g/mol. The molecule has 1 aliphatic rings. The van der Waals surface area contributed by atoms with Crippen LogP contribution >= 0.6 is 0 Å². The number of amides is 1. The highest BCUT2D eigenvalue weighted by Crippen LogP contribution is 2.24. The van der Waals surface area contributed by atoms with Crippen LogP contribution in [0.1, 0.15) is 15.9 Å². The van der Waals surface area contributed by atoms with Crippen molar-refractivity contribution in [2.45, 2.75) is 13.3 Å². The van der Waals surface area contributed by atoms with Crippen molar-refractivity contribution in [3.63, 3.8) is 0 Å². The molecule has 1 aliphatic heterocycles. The Hall–Kier alpha value is -2.70. The summed E-state index contributed by atoms with van der Waals surface area (Å²) < 4.78 is 40.4. The van der Waals surface area contributed by atoms with Crippen molar-refractivity contribution in [2.75, 3.05) is 31.1 Å². The molecule has 0 unspecified atom stereocenters. The molecule has 2 aromatic carbocycles. The molecule has 0 spiro atoms. The van der Waals surface area contributed by atoms with Gasteiger partial charge < -0.3 is 14.5 Å². The van der Waals surface area contributed by atoms with E-state index < -0.39 is 6.36 Å². The van der Waals surface area contributed by atoms with Crippen LogP contribution in [0.2, 0.25) is 0 Å². The van der Waals surface area contributed by atoms with Crippen molar-refractivity contribution >= 4 is 11.6 Å². The number of carbonyl (C=O) groups excluding carboxylic acids is 1. The Bertz CT molecular complexity index is 767. The number of benzene rings is 2. The lowest BCUT2D eigenvalue weighted by Gasteiger charge is -2.36. The van der Waals surface area contributed by atoms with Gasteiger partial charge in [-0.1, -0.05) is 18.2 Å². The molecular weight excluding hydrogens is 345 g/mol. The lowest BCUT2D eigenvalue weighted by atomic mass is 10.1. The van der Waals surface area contributed by atoms with Gasteiger partial charge >= 0.3 is 6.36 Å². The summed E-state index contributed by atoms with van der Waals surface area (Å²) in [4.78, 5) is 16.5. The number of para-hydroxylation sites is 1. The Labute approximate surface area is 149 Å². The molecule has 0 N–H and O–H groups in total. The molecule has 4 nitrogen and oxygen atoms in total. The Kier molecular flexibility index (Phi) is 5.06. The molecule has 1 amide bonds. The van der Waals surface area contributed by atoms with Crippen molar-refractivity contribution in [1.82, 2.24) is 4.90 Å². The molecular formula is C19H19F3N2O2. The Morgan fingerprint density at radius 2 is 1.58 bits per heavy atom. The van der Waals surface area contributed by atoms with Gasteiger partial charge in [-0.25, -0.2) is 0 Å². The molecule has 138 valence electrons. The van der Waals surface area contributed by atoms with E-state index in [1.165, 1.54) is 17.7 Å². The standard InChI is InChI=1S/C19H19F3N2O2/c1-14-4-2-3-5-17(14)23-10-12-24(13-11-23)18(25)15-6-8-16(9-7-15)26-19(20,21)22/h2-9H,10-13H2,1H3. The first-order chi connectivity index (χ1) is 12.3. The molecule has 0 radical (unpaired) electrons. The Balaban J connectivity index is 1.61. The number of ether oxygens (including phenoxy) is 1. The van der Waals surface area contributed by atoms with E-state index in [2.05, 4.69) is 28.7 Å². The first-order valence-electron chi connectivity index (χ1n) is 8.29. The summed E-state index contributed by atoms with van der Waals surface area (Å²) >= 11 is 0. The summed E-state index contributed by atoms with van der Waals surface area (Å²) in [5.74, 6) is -0.522. The average Bonchev–Trinajstić information content (AvgIpc) is 2.61. The Morgan fingerprint density at radius 3 is 2.15 bits per heavy atom. The van der Waals surface area contributed by atoms with Crippen LogP contribution in [0, 0.1) is 6.92 Å². The van der Waals surface area contributed by atoms with Crippen molar-refractivity contribution in [2.24, 2.45) is 0 Å². The van der Waals surface area contributed by atoms with Crippen LogP contribution in [0.4, 0.5) is 18.9 Å². The third kappa shape index (κ3) is 4.28. The topological polar surface area (TPSA) is 32.8 Å². The van der Waals surface area contributed by atoms with Gasteiger partial charge in [-0.2, -0.15) is 0 Å². The second-order valence-electron chi connectivity index (χ2n) is 6.14. The van der Waals surface area contributed by atoms with Crippen LogP contribution in [0.5, 0.6) is 5.75 Å². The predicted octanol–water partition coefficient (Wildman–Crippen LogP) is 3.86. The fourth-order valence-corrected chi connectivity index (χ4v) is 3.05. The van der Waals surface area contributed by atoms with Crippen LogP contribution in [-0.2, 0) is 0 Å². The molecule has 1 heterocycles. The second-order valence-corrected chi connectivity index (χ2v) is 6.14. The highest BCUT2D eigenvalue weighted by Gasteiger charge is 2.31. The maximum Gasteiger partial charge on any atom is 0.573 e. The molecule has 0 bridgehead atoms. The molecule has 3 rings (SSSR count). The molecule has 1 fully saturated rings. The van der Waals surface area contributed by atoms with Gasteiger partial charge in [0.05, 0.1) is 0 Å². The number of rotatable bonds is 3. The van der Waals surface area contributed by atoms with E-state index in [4.69, 9.17) is 0 Å². The van der Waals surface area contributed by atoms with Crippen LogP contribution in [0.3, 0.4) is 0 Å².